The van der Waals surface area contributed by atoms with Gasteiger partial charge in [0.05, 0.1) is 6.61 Å². The van der Waals surface area contributed by atoms with E-state index in [4.69, 9.17) is 4.74 Å². The first-order valence-electron chi connectivity index (χ1n) is 7.11. The summed E-state index contributed by atoms with van der Waals surface area (Å²) in [5.41, 5.74) is -1.26. The molecule has 2 unspecified atom stereocenters. The van der Waals surface area contributed by atoms with Crippen LogP contribution in [0.5, 0.6) is 0 Å². The van der Waals surface area contributed by atoms with Gasteiger partial charge in [0.25, 0.3) is 0 Å². The van der Waals surface area contributed by atoms with Crippen LogP contribution in [0.15, 0.2) is 0 Å². The highest BCUT2D eigenvalue weighted by Crippen LogP contribution is 2.20. The summed E-state index contributed by atoms with van der Waals surface area (Å²) in [5.74, 6) is -1.02. The van der Waals surface area contributed by atoms with E-state index in [1.54, 1.807) is 4.90 Å². The van der Waals surface area contributed by atoms with Crippen molar-refractivity contribution in [1.29, 1.82) is 0 Å². The third kappa shape index (κ3) is 2.88. The van der Waals surface area contributed by atoms with E-state index in [1.807, 2.05) is 0 Å². The molecule has 2 fully saturated rings. The number of rotatable bonds is 3. The number of carbonyl (C=O) groups is 2. The fourth-order valence-corrected chi connectivity index (χ4v) is 2.82. The first-order chi connectivity index (χ1) is 9.48. The van der Waals surface area contributed by atoms with E-state index in [1.165, 1.54) is 0 Å². The van der Waals surface area contributed by atoms with E-state index in [-0.39, 0.29) is 12.6 Å². The van der Waals surface area contributed by atoms with Gasteiger partial charge in [-0.1, -0.05) is 6.92 Å². The Labute approximate surface area is 118 Å². The van der Waals surface area contributed by atoms with E-state index in [0.717, 1.165) is 13.1 Å². The average Bonchev–Trinajstić information content (AvgIpc) is 2.88. The second-order valence-electron chi connectivity index (χ2n) is 5.54. The standard InChI is InChI=1S/C13H23N3O4/c1-3-15-5-6-16(8-10(15)2)12(19)14-13(11(17)18)4-7-20-9-13/h10H,3-9H2,1-2H3,(H,14,19)(H,17,18). The summed E-state index contributed by atoms with van der Waals surface area (Å²) in [7, 11) is 0. The molecule has 2 amide bonds. The van der Waals surface area contributed by atoms with Gasteiger partial charge in [0.1, 0.15) is 0 Å². The number of nitrogens with one attached hydrogen (secondary N) is 1. The molecule has 114 valence electrons. The molecule has 0 spiro atoms. The summed E-state index contributed by atoms with van der Waals surface area (Å²) in [6.07, 6.45) is 0.318. The van der Waals surface area contributed by atoms with E-state index < -0.39 is 11.5 Å². The SMILES string of the molecule is CCN1CCN(C(=O)NC2(C(=O)O)CCOC2)CC1C. The number of likely N-dealkylation sites (N-methyl/N-ethyl adjacent to an activating group) is 1. The second kappa shape index (κ2) is 5.97. The minimum atomic E-state index is -1.26. The largest absolute Gasteiger partial charge is 0.479 e. The van der Waals surface area contributed by atoms with Crippen molar-refractivity contribution in [1.82, 2.24) is 15.1 Å². The van der Waals surface area contributed by atoms with Gasteiger partial charge in [-0.15, -0.1) is 0 Å². The van der Waals surface area contributed by atoms with E-state index in [0.29, 0.717) is 32.2 Å². The number of hydrogen-bond acceptors (Lipinski definition) is 4. The molecule has 0 aromatic carbocycles. The van der Waals surface area contributed by atoms with Crippen molar-refractivity contribution < 1.29 is 19.4 Å². The van der Waals surface area contributed by atoms with Crippen LogP contribution in [-0.4, -0.2) is 77.9 Å². The Bertz CT molecular complexity index is 382. The molecule has 20 heavy (non-hydrogen) atoms. The molecular weight excluding hydrogens is 262 g/mol. The molecule has 0 bridgehead atoms. The van der Waals surface area contributed by atoms with Crippen LogP contribution < -0.4 is 5.32 Å². The Kier molecular flexibility index (Phi) is 4.49. The van der Waals surface area contributed by atoms with Crippen LogP contribution in [0.3, 0.4) is 0 Å². The lowest BCUT2D eigenvalue weighted by Gasteiger charge is -2.40. The van der Waals surface area contributed by atoms with Gasteiger partial charge in [-0.3, -0.25) is 4.90 Å². The maximum absolute atomic E-state index is 12.3. The van der Waals surface area contributed by atoms with Crippen molar-refractivity contribution in [2.75, 3.05) is 39.4 Å². The molecule has 2 atom stereocenters. The van der Waals surface area contributed by atoms with Gasteiger partial charge in [-0.2, -0.15) is 0 Å². The first kappa shape index (κ1) is 15.1. The molecule has 2 saturated heterocycles. The highest BCUT2D eigenvalue weighted by atomic mass is 16.5. The van der Waals surface area contributed by atoms with Crippen molar-refractivity contribution in [2.45, 2.75) is 31.8 Å². The number of carboxylic acids is 1. The zero-order valence-corrected chi connectivity index (χ0v) is 12.1. The summed E-state index contributed by atoms with van der Waals surface area (Å²) in [6, 6.07) is -0.0133. The minimum absolute atomic E-state index is 0.0402. The normalized spacial score (nSPS) is 31.3. The molecule has 0 aromatic rings. The number of aliphatic carboxylic acids is 1. The molecule has 2 aliphatic rings. The van der Waals surface area contributed by atoms with Crippen molar-refractivity contribution in [3.8, 4) is 0 Å². The van der Waals surface area contributed by atoms with Crippen LogP contribution in [0.2, 0.25) is 0 Å². The zero-order valence-electron chi connectivity index (χ0n) is 12.1. The van der Waals surface area contributed by atoms with Crippen molar-refractivity contribution in [3.63, 3.8) is 0 Å². The molecular formula is C13H23N3O4. The fraction of sp³-hybridized carbons (Fsp3) is 0.846. The molecule has 7 heteroatoms. The topological polar surface area (TPSA) is 82.1 Å². The molecule has 0 saturated carbocycles. The smallest absolute Gasteiger partial charge is 0.332 e. The summed E-state index contributed by atoms with van der Waals surface area (Å²) >= 11 is 0. The average molecular weight is 285 g/mol. The lowest BCUT2D eigenvalue weighted by atomic mass is 9.99. The zero-order chi connectivity index (χ0) is 14.8. The number of amides is 2. The third-order valence-corrected chi connectivity index (χ3v) is 4.24. The predicted octanol–water partition coefficient (Wildman–Crippen LogP) is -0.0343. The van der Waals surface area contributed by atoms with E-state index in [9.17, 15) is 14.7 Å². The van der Waals surface area contributed by atoms with Crippen molar-refractivity contribution in [2.24, 2.45) is 0 Å². The highest BCUT2D eigenvalue weighted by Gasteiger charge is 2.45. The van der Waals surface area contributed by atoms with Crippen LogP contribution in [0.1, 0.15) is 20.3 Å². The maximum Gasteiger partial charge on any atom is 0.332 e. The lowest BCUT2D eigenvalue weighted by Crippen LogP contribution is -2.62. The van der Waals surface area contributed by atoms with E-state index >= 15 is 0 Å². The van der Waals surface area contributed by atoms with Crippen LogP contribution in [-0.2, 0) is 9.53 Å². The number of piperazine rings is 1. The quantitative estimate of drug-likeness (QED) is 0.761. The lowest BCUT2D eigenvalue weighted by molar-refractivity contribution is -0.144. The Balaban J connectivity index is 1.96. The summed E-state index contributed by atoms with van der Waals surface area (Å²) in [4.78, 5) is 27.7. The van der Waals surface area contributed by atoms with Gasteiger partial charge in [0, 0.05) is 38.7 Å². The molecule has 7 nitrogen and oxygen atoms in total. The van der Waals surface area contributed by atoms with Gasteiger partial charge in [0.15, 0.2) is 5.54 Å². The minimum Gasteiger partial charge on any atom is -0.479 e. The Morgan fingerprint density at radius 3 is 2.70 bits per heavy atom. The van der Waals surface area contributed by atoms with Gasteiger partial charge in [-0.25, -0.2) is 9.59 Å². The predicted molar refractivity (Wildman–Crippen MR) is 72.6 cm³/mol. The van der Waals surface area contributed by atoms with E-state index in [2.05, 4.69) is 24.1 Å². The van der Waals surface area contributed by atoms with Crippen molar-refractivity contribution >= 4 is 12.0 Å². The molecule has 2 N–H and O–H groups in total. The van der Waals surface area contributed by atoms with Crippen molar-refractivity contribution in [3.05, 3.63) is 0 Å². The fourth-order valence-electron chi connectivity index (χ4n) is 2.82. The highest BCUT2D eigenvalue weighted by molar-refractivity contribution is 5.86. The summed E-state index contributed by atoms with van der Waals surface area (Å²) < 4.78 is 5.14. The number of carbonyl (C=O) groups excluding carboxylic acids is 1. The van der Waals surface area contributed by atoms with Gasteiger partial charge in [-0.05, 0) is 13.5 Å². The molecule has 0 aliphatic carbocycles. The van der Waals surface area contributed by atoms with Gasteiger partial charge >= 0.3 is 12.0 Å². The molecule has 0 aromatic heterocycles. The Morgan fingerprint density at radius 1 is 1.45 bits per heavy atom. The summed E-state index contributed by atoms with van der Waals surface area (Å²) in [6.45, 7) is 7.61. The molecule has 0 radical (unpaired) electrons. The third-order valence-electron chi connectivity index (χ3n) is 4.24. The number of urea groups is 1. The second-order valence-corrected chi connectivity index (χ2v) is 5.54. The number of hydrogen-bond donors (Lipinski definition) is 2. The maximum atomic E-state index is 12.3. The van der Waals surface area contributed by atoms with Gasteiger partial charge < -0.3 is 20.1 Å². The molecule has 2 heterocycles. The Morgan fingerprint density at radius 2 is 2.20 bits per heavy atom. The Hall–Kier alpha value is -1.34. The van der Waals surface area contributed by atoms with Crippen LogP contribution in [0.4, 0.5) is 4.79 Å². The molecule has 2 rings (SSSR count). The summed E-state index contributed by atoms with van der Waals surface area (Å²) in [5, 5.41) is 12.0. The van der Waals surface area contributed by atoms with Crippen LogP contribution in [0, 0.1) is 0 Å². The first-order valence-corrected chi connectivity index (χ1v) is 7.11. The van der Waals surface area contributed by atoms with Crippen LogP contribution in [0.25, 0.3) is 0 Å². The number of carboxylic acid groups (broad SMARTS) is 1. The monoisotopic (exact) mass is 285 g/mol. The number of nitrogens with zero attached hydrogens (tertiary/aromatic N) is 2. The van der Waals surface area contributed by atoms with Crippen LogP contribution >= 0.6 is 0 Å². The molecule has 2 aliphatic heterocycles. The van der Waals surface area contributed by atoms with Gasteiger partial charge in [0.2, 0.25) is 0 Å². The number of ether oxygens (including phenoxy) is 1.